The molecular formula is C23H46O5Si. The summed E-state index contributed by atoms with van der Waals surface area (Å²) in [4.78, 5) is 0. The van der Waals surface area contributed by atoms with Crippen LogP contribution in [0.4, 0.5) is 0 Å². The van der Waals surface area contributed by atoms with Crippen molar-refractivity contribution in [3.8, 4) is 0 Å². The first kappa shape index (κ1) is 28.3. The third kappa shape index (κ3) is 10.8. The van der Waals surface area contributed by atoms with E-state index in [0.717, 1.165) is 31.3 Å². The molecule has 0 rings (SSSR count). The van der Waals surface area contributed by atoms with Gasteiger partial charge in [-0.05, 0) is 43.3 Å². The normalized spacial score (nSPS) is 15.6. The fraction of sp³-hybridized carbons (Fsp3) is 0.826. The molecule has 0 aliphatic rings. The zero-order valence-corrected chi connectivity index (χ0v) is 21.4. The summed E-state index contributed by atoms with van der Waals surface area (Å²) in [5.41, 5.74) is 1.14. The van der Waals surface area contributed by atoms with Crippen molar-refractivity contribution in [3.63, 3.8) is 0 Å². The van der Waals surface area contributed by atoms with Gasteiger partial charge in [0.2, 0.25) is 8.32 Å². The minimum Gasteiger partial charge on any atom is -0.545 e. The van der Waals surface area contributed by atoms with Gasteiger partial charge in [0.05, 0.1) is 6.10 Å². The van der Waals surface area contributed by atoms with E-state index < -0.39 is 8.32 Å². The van der Waals surface area contributed by atoms with Crippen molar-refractivity contribution < 1.29 is 23.4 Å². The summed E-state index contributed by atoms with van der Waals surface area (Å²) in [5, 5.41) is 0.0979. The van der Waals surface area contributed by atoms with Crippen LogP contribution in [-0.4, -0.2) is 48.3 Å². The summed E-state index contributed by atoms with van der Waals surface area (Å²) in [6.45, 7) is 24.4. The van der Waals surface area contributed by atoms with E-state index in [1.165, 1.54) is 0 Å². The Morgan fingerprint density at radius 3 is 2.00 bits per heavy atom. The monoisotopic (exact) mass is 430 g/mol. The van der Waals surface area contributed by atoms with Crippen LogP contribution >= 0.6 is 0 Å². The van der Waals surface area contributed by atoms with Crippen molar-refractivity contribution in [2.75, 3.05) is 27.8 Å². The van der Waals surface area contributed by atoms with E-state index in [0.29, 0.717) is 12.6 Å². The second-order valence-corrected chi connectivity index (χ2v) is 14.2. The second-order valence-electron chi connectivity index (χ2n) is 9.44. The Morgan fingerprint density at radius 1 is 0.966 bits per heavy atom. The Morgan fingerprint density at radius 2 is 1.52 bits per heavy atom. The summed E-state index contributed by atoms with van der Waals surface area (Å²) < 4.78 is 28.4. The van der Waals surface area contributed by atoms with Crippen LogP contribution in [0.3, 0.4) is 0 Å². The predicted molar refractivity (Wildman–Crippen MR) is 123 cm³/mol. The van der Waals surface area contributed by atoms with Crippen molar-refractivity contribution >= 4 is 8.32 Å². The van der Waals surface area contributed by atoms with Gasteiger partial charge in [0.1, 0.15) is 25.4 Å². The Hall–Kier alpha value is -0.663. The lowest BCUT2D eigenvalue weighted by atomic mass is 9.92. The van der Waals surface area contributed by atoms with E-state index >= 15 is 0 Å². The predicted octanol–water partition coefficient (Wildman–Crippen LogP) is 6.27. The molecular weight excluding hydrogens is 384 g/mol. The van der Waals surface area contributed by atoms with Gasteiger partial charge in [-0.1, -0.05) is 59.8 Å². The molecule has 5 nitrogen and oxygen atoms in total. The molecule has 0 heterocycles. The third-order valence-corrected chi connectivity index (χ3v) is 9.94. The summed E-state index contributed by atoms with van der Waals surface area (Å²) in [6.07, 6.45) is 3.56. The van der Waals surface area contributed by atoms with Gasteiger partial charge in [-0.2, -0.15) is 0 Å². The molecule has 3 atom stereocenters. The van der Waals surface area contributed by atoms with Crippen molar-refractivity contribution in [1.82, 2.24) is 0 Å². The van der Waals surface area contributed by atoms with Gasteiger partial charge in [0.15, 0.2) is 0 Å². The van der Waals surface area contributed by atoms with E-state index in [-0.39, 0.29) is 30.0 Å². The maximum atomic E-state index is 6.43. The molecule has 0 amide bonds. The molecule has 0 aromatic heterocycles. The highest BCUT2D eigenvalue weighted by Gasteiger charge is 2.40. The lowest BCUT2D eigenvalue weighted by Crippen LogP contribution is -2.42. The first-order valence-electron chi connectivity index (χ1n) is 10.6. The zero-order chi connectivity index (χ0) is 22.7. The molecule has 0 unspecified atom stereocenters. The van der Waals surface area contributed by atoms with Crippen LogP contribution in [-0.2, 0) is 23.4 Å². The average molecular weight is 431 g/mol. The summed E-state index contributed by atoms with van der Waals surface area (Å²) in [6, 6.07) is 0. The summed E-state index contributed by atoms with van der Waals surface area (Å²) >= 11 is 0. The Labute approximate surface area is 180 Å². The van der Waals surface area contributed by atoms with Crippen molar-refractivity contribution in [2.45, 2.75) is 90.6 Å². The number of methoxy groups -OCH3 is 2. The molecule has 0 saturated carbocycles. The fourth-order valence-corrected chi connectivity index (χ4v) is 4.03. The van der Waals surface area contributed by atoms with Crippen LogP contribution in [0, 0.1) is 5.92 Å². The molecule has 0 saturated heterocycles. The van der Waals surface area contributed by atoms with E-state index in [4.69, 9.17) is 23.4 Å². The number of hydrogen-bond acceptors (Lipinski definition) is 5. The Balaban J connectivity index is 5.07. The standard InChI is InChI=1S/C23H46O5Si/c1-12-13-21(26-16-24-8)15-18(2)14-19(3)22(27-17-25-9)20(4)28-29(10,11)23(5,6)7/h19,21-22H,2,4,12-17H2,1,3,5-11H3/t19-,21-,22+/m1/s1. The fourth-order valence-electron chi connectivity index (χ4n) is 2.95. The highest BCUT2D eigenvalue weighted by Crippen LogP contribution is 2.39. The molecule has 0 aromatic rings. The van der Waals surface area contributed by atoms with E-state index in [9.17, 15) is 0 Å². The largest absolute Gasteiger partial charge is 0.545 e. The smallest absolute Gasteiger partial charge is 0.250 e. The highest BCUT2D eigenvalue weighted by atomic mass is 28.4. The van der Waals surface area contributed by atoms with Crippen LogP contribution in [0.25, 0.3) is 0 Å². The summed E-state index contributed by atoms with van der Waals surface area (Å²) in [5.74, 6) is 0.856. The second kappa shape index (κ2) is 13.6. The van der Waals surface area contributed by atoms with Crippen molar-refractivity contribution in [1.29, 1.82) is 0 Å². The van der Waals surface area contributed by atoms with Gasteiger partial charge in [-0.3, -0.25) is 0 Å². The highest BCUT2D eigenvalue weighted by molar-refractivity contribution is 6.74. The van der Waals surface area contributed by atoms with Gasteiger partial charge >= 0.3 is 0 Å². The van der Waals surface area contributed by atoms with Gasteiger partial charge in [-0.15, -0.1) is 0 Å². The minimum atomic E-state index is -1.98. The zero-order valence-electron chi connectivity index (χ0n) is 20.4. The maximum absolute atomic E-state index is 6.43. The topological polar surface area (TPSA) is 46.2 Å². The summed E-state index contributed by atoms with van der Waals surface area (Å²) in [7, 11) is 1.29. The van der Waals surface area contributed by atoms with Gasteiger partial charge in [0, 0.05) is 14.2 Å². The first-order chi connectivity index (χ1) is 13.4. The molecule has 0 bridgehead atoms. The lowest BCUT2D eigenvalue weighted by molar-refractivity contribution is -0.0863. The molecule has 0 spiro atoms. The number of rotatable bonds is 16. The van der Waals surface area contributed by atoms with Gasteiger partial charge < -0.3 is 23.4 Å². The van der Waals surface area contributed by atoms with Crippen LogP contribution in [0.5, 0.6) is 0 Å². The Bertz CT molecular complexity index is 484. The van der Waals surface area contributed by atoms with Gasteiger partial charge in [0.25, 0.3) is 0 Å². The molecule has 0 fully saturated rings. The SMILES string of the molecule is C=C(C[C@@H](CCC)OCOC)C[C@@H](C)[C@H](OCOC)C(=C)O[Si](C)(C)C(C)(C)C. The van der Waals surface area contributed by atoms with Crippen LogP contribution in [0.2, 0.25) is 18.1 Å². The van der Waals surface area contributed by atoms with Gasteiger partial charge in [-0.25, -0.2) is 0 Å². The average Bonchev–Trinajstić information content (AvgIpc) is 2.58. The molecule has 0 N–H and O–H groups in total. The minimum absolute atomic E-state index is 0.0979. The molecule has 29 heavy (non-hydrogen) atoms. The Kier molecular flexibility index (Phi) is 13.3. The molecule has 0 aromatic carbocycles. The number of ether oxygens (including phenoxy) is 4. The van der Waals surface area contributed by atoms with E-state index in [2.05, 4.69) is 60.9 Å². The van der Waals surface area contributed by atoms with E-state index in [1.807, 2.05) is 0 Å². The van der Waals surface area contributed by atoms with Crippen LogP contribution in [0.15, 0.2) is 24.5 Å². The number of hydrogen-bond donors (Lipinski definition) is 0. The quantitative estimate of drug-likeness (QED) is 0.125. The van der Waals surface area contributed by atoms with Crippen LogP contribution in [0.1, 0.15) is 60.3 Å². The molecule has 0 aliphatic heterocycles. The van der Waals surface area contributed by atoms with Crippen molar-refractivity contribution in [3.05, 3.63) is 24.5 Å². The van der Waals surface area contributed by atoms with E-state index in [1.54, 1.807) is 14.2 Å². The maximum Gasteiger partial charge on any atom is 0.250 e. The molecule has 172 valence electrons. The first-order valence-corrected chi connectivity index (χ1v) is 13.6. The molecule has 6 heteroatoms. The third-order valence-electron chi connectivity index (χ3n) is 5.55. The molecule has 0 aliphatic carbocycles. The van der Waals surface area contributed by atoms with Crippen molar-refractivity contribution in [2.24, 2.45) is 5.92 Å². The molecule has 0 radical (unpaired) electrons. The van der Waals surface area contributed by atoms with Crippen LogP contribution < -0.4 is 0 Å². The lowest BCUT2D eigenvalue weighted by Gasteiger charge is -2.39.